The fourth-order valence-electron chi connectivity index (χ4n) is 3.48. The number of alkyl halides is 3. The fraction of sp³-hybridized carbons (Fsp3) is 0.333. The van der Waals surface area contributed by atoms with E-state index in [0.717, 1.165) is 45.2 Å². The van der Waals surface area contributed by atoms with Gasteiger partial charge in [-0.2, -0.15) is 18.3 Å². The molecule has 4 nitrogen and oxygen atoms in total. The average Bonchev–Trinajstić information content (AvgIpc) is 3.12. The Kier molecular flexibility index (Phi) is 7.33. The molecule has 0 fully saturated rings. The minimum atomic E-state index is -4.36. The van der Waals surface area contributed by atoms with Crippen LogP contribution in [0.2, 0.25) is 0 Å². The lowest BCUT2D eigenvalue weighted by atomic mass is 10.0. The third-order valence-electron chi connectivity index (χ3n) is 5.35. The van der Waals surface area contributed by atoms with Gasteiger partial charge in [0.25, 0.3) is 0 Å². The summed E-state index contributed by atoms with van der Waals surface area (Å²) < 4.78 is 40.0. The Labute approximate surface area is 189 Å². The molecule has 1 N–H and O–H groups in total. The van der Waals surface area contributed by atoms with E-state index in [1.807, 2.05) is 32.2 Å². The second-order valence-electron chi connectivity index (χ2n) is 7.85. The highest BCUT2D eigenvalue weighted by Crippen LogP contribution is 2.31. The zero-order valence-corrected chi connectivity index (χ0v) is 18.9. The highest BCUT2D eigenvalue weighted by molar-refractivity contribution is 7.99. The molecular formula is C24H25F3N2O2S. The molecule has 0 aliphatic rings. The molecule has 3 aromatic rings. The normalized spacial score (nSPS) is 12.7. The van der Waals surface area contributed by atoms with Gasteiger partial charge in [0.15, 0.2) is 0 Å². The molecular weight excluding hydrogens is 437 g/mol. The van der Waals surface area contributed by atoms with E-state index in [0.29, 0.717) is 12.1 Å². The van der Waals surface area contributed by atoms with Crippen LogP contribution < -0.4 is 0 Å². The smallest absolute Gasteiger partial charge is 0.416 e. The molecule has 32 heavy (non-hydrogen) atoms. The second-order valence-corrected chi connectivity index (χ2v) is 8.95. The Hall–Kier alpha value is -2.74. The summed E-state index contributed by atoms with van der Waals surface area (Å²) >= 11 is 1.71. The van der Waals surface area contributed by atoms with Crippen molar-refractivity contribution >= 4 is 17.7 Å². The lowest BCUT2D eigenvalue weighted by molar-refractivity contribution is -0.138. The van der Waals surface area contributed by atoms with Crippen LogP contribution in [0.3, 0.4) is 0 Å². The van der Waals surface area contributed by atoms with Gasteiger partial charge in [-0.05, 0) is 79.3 Å². The maximum atomic E-state index is 12.8. The van der Waals surface area contributed by atoms with Crippen LogP contribution in [0.25, 0.3) is 5.69 Å². The Morgan fingerprint density at radius 3 is 2.44 bits per heavy atom. The Balaban J connectivity index is 1.66. The molecule has 8 heteroatoms. The Morgan fingerprint density at radius 2 is 1.84 bits per heavy atom. The van der Waals surface area contributed by atoms with Crippen LogP contribution in [0, 0.1) is 13.8 Å². The molecule has 0 spiro atoms. The zero-order chi connectivity index (χ0) is 23.5. The summed E-state index contributed by atoms with van der Waals surface area (Å²) in [5, 5.41) is 13.3. The van der Waals surface area contributed by atoms with E-state index in [1.54, 1.807) is 16.4 Å². The molecule has 0 aliphatic heterocycles. The third kappa shape index (κ3) is 5.94. The number of nitrogens with zero attached hydrogens (tertiary/aromatic N) is 2. The number of carboxylic acids is 1. The summed E-state index contributed by atoms with van der Waals surface area (Å²) in [4.78, 5) is 11.9. The number of thioether (sulfide) groups is 1. The van der Waals surface area contributed by atoms with Crippen molar-refractivity contribution in [3.05, 3.63) is 76.6 Å². The molecule has 0 radical (unpaired) electrons. The molecule has 170 valence electrons. The van der Waals surface area contributed by atoms with Gasteiger partial charge in [-0.25, -0.2) is 4.68 Å². The van der Waals surface area contributed by atoms with Gasteiger partial charge in [0, 0.05) is 23.3 Å². The number of halogens is 3. The van der Waals surface area contributed by atoms with Gasteiger partial charge in [-0.3, -0.25) is 4.79 Å². The monoisotopic (exact) mass is 462 g/mol. The molecule has 0 bridgehead atoms. The molecule has 2 aromatic carbocycles. The average molecular weight is 463 g/mol. The largest absolute Gasteiger partial charge is 0.481 e. The van der Waals surface area contributed by atoms with Crippen LogP contribution in [0.15, 0.2) is 53.6 Å². The number of hydrogen-bond acceptors (Lipinski definition) is 3. The summed E-state index contributed by atoms with van der Waals surface area (Å²) in [5.74, 6) is 0.201. The Morgan fingerprint density at radius 1 is 1.16 bits per heavy atom. The number of carbonyl (C=O) groups is 1. The minimum absolute atomic E-state index is 0.118. The predicted molar refractivity (Wildman–Crippen MR) is 120 cm³/mol. The van der Waals surface area contributed by atoms with E-state index in [1.165, 1.54) is 12.1 Å². The van der Waals surface area contributed by atoms with Gasteiger partial charge in [-0.1, -0.05) is 13.0 Å². The lowest BCUT2D eigenvalue weighted by Crippen LogP contribution is -2.05. The number of aromatic nitrogens is 2. The summed E-state index contributed by atoms with van der Waals surface area (Å²) in [6.07, 6.45) is -1.84. The molecule has 1 heterocycles. The summed E-state index contributed by atoms with van der Waals surface area (Å²) in [7, 11) is 0. The van der Waals surface area contributed by atoms with Crippen molar-refractivity contribution in [2.24, 2.45) is 0 Å². The molecule has 0 unspecified atom stereocenters. The summed E-state index contributed by atoms with van der Waals surface area (Å²) in [6, 6.07) is 11.0. The van der Waals surface area contributed by atoms with Crippen LogP contribution >= 0.6 is 11.8 Å². The second kappa shape index (κ2) is 9.81. The standard InChI is InChI=1S/C24H25F3N2O2S/c1-15-12-21(10-4-18(15)5-11-23(30)31)32-14-16(2)22-13-29(28-17(22)3)20-8-6-19(7-9-20)24(25,26)27/h4,6-10,12-13,16H,5,11,14H2,1-3H3,(H,30,31)/t16-/m0/s1. The first-order valence-corrected chi connectivity index (χ1v) is 11.2. The van der Waals surface area contributed by atoms with Gasteiger partial charge < -0.3 is 5.11 Å². The number of aliphatic carboxylic acids is 1. The molecule has 0 saturated carbocycles. The number of hydrogen-bond donors (Lipinski definition) is 1. The fourth-order valence-corrected chi connectivity index (χ4v) is 4.53. The van der Waals surface area contributed by atoms with Crippen LogP contribution in [-0.4, -0.2) is 26.6 Å². The molecule has 3 rings (SSSR count). The number of carboxylic acid groups (broad SMARTS) is 1. The van der Waals surface area contributed by atoms with E-state index in [-0.39, 0.29) is 12.3 Å². The van der Waals surface area contributed by atoms with Gasteiger partial charge in [0.05, 0.1) is 16.9 Å². The maximum Gasteiger partial charge on any atom is 0.416 e. The highest BCUT2D eigenvalue weighted by atomic mass is 32.2. The third-order valence-corrected chi connectivity index (χ3v) is 6.60. The topological polar surface area (TPSA) is 55.1 Å². The molecule has 0 amide bonds. The highest BCUT2D eigenvalue weighted by Gasteiger charge is 2.30. The van der Waals surface area contributed by atoms with Crippen molar-refractivity contribution in [1.29, 1.82) is 0 Å². The van der Waals surface area contributed by atoms with E-state index in [9.17, 15) is 18.0 Å². The first kappa shape index (κ1) is 23.9. The predicted octanol–water partition coefficient (Wildman–Crippen LogP) is 6.42. The quantitative estimate of drug-likeness (QED) is 0.393. The summed E-state index contributed by atoms with van der Waals surface area (Å²) in [5.41, 5.74) is 3.92. The van der Waals surface area contributed by atoms with Crippen molar-refractivity contribution < 1.29 is 23.1 Å². The van der Waals surface area contributed by atoms with Gasteiger partial charge in [0.1, 0.15) is 0 Å². The van der Waals surface area contributed by atoms with Gasteiger partial charge in [-0.15, -0.1) is 11.8 Å². The van der Waals surface area contributed by atoms with Crippen molar-refractivity contribution in [1.82, 2.24) is 9.78 Å². The zero-order valence-electron chi connectivity index (χ0n) is 18.1. The van der Waals surface area contributed by atoms with E-state index in [2.05, 4.69) is 18.1 Å². The molecule has 1 aromatic heterocycles. The number of aryl methyl sites for hydroxylation is 3. The first-order valence-electron chi connectivity index (χ1n) is 10.2. The SMILES string of the molecule is Cc1cc(SC[C@H](C)c2cn(-c3ccc(C(F)(F)F)cc3)nc2C)ccc1CCC(=O)O. The van der Waals surface area contributed by atoms with Crippen LogP contribution in [0.4, 0.5) is 13.2 Å². The number of benzene rings is 2. The van der Waals surface area contributed by atoms with Crippen molar-refractivity contribution in [2.45, 2.75) is 50.6 Å². The minimum Gasteiger partial charge on any atom is -0.481 e. The van der Waals surface area contributed by atoms with E-state index >= 15 is 0 Å². The number of rotatable bonds is 8. The lowest BCUT2D eigenvalue weighted by Gasteiger charge is -2.12. The Bertz CT molecular complexity index is 1090. The van der Waals surface area contributed by atoms with Crippen molar-refractivity contribution in [3.63, 3.8) is 0 Å². The molecule has 1 atom stereocenters. The van der Waals surface area contributed by atoms with E-state index in [4.69, 9.17) is 5.11 Å². The summed E-state index contributed by atoms with van der Waals surface area (Å²) in [6.45, 7) is 5.99. The molecule has 0 saturated heterocycles. The van der Waals surface area contributed by atoms with Crippen LogP contribution in [-0.2, 0) is 17.4 Å². The van der Waals surface area contributed by atoms with Gasteiger partial charge in [0.2, 0.25) is 0 Å². The van der Waals surface area contributed by atoms with Crippen molar-refractivity contribution in [3.8, 4) is 5.69 Å². The van der Waals surface area contributed by atoms with Gasteiger partial charge >= 0.3 is 12.1 Å². The van der Waals surface area contributed by atoms with E-state index < -0.39 is 17.7 Å². The first-order chi connectivity index (χ1) is 15.0. The molecule has 0 aliphatic carbocycles. The van der Waals surface area contributed by atoms with Crippen molar-refractivity contribution in [2.75, 3.05) is 5.75 Å². The maximum absolute atomic E-state index is 12.8. The van der Waals surface area contributed by atoms with Crippen LogP contribution in [0.1, 0.15) is 47.2 Å². The van der Waals surface area contributed by atoms with Crippen LogP contribution in [0.5, 0.6) is 0 Å².